The van der Waals surface area contributed by atoms with E-state index in [0.29, 0.717) is 41.5 Å². The summed E-state index contributed by atoms with van der Waals surface area (Å²) < 4.78 is 5.85. The van der Waals surface area contributed by atoms with Crippen LogP contribution < -0.4 is 5.32 Å². The van der Waals surface area contributed by atoms with Crippen LogP contribution in [0.5, 0.6) is 0 Å². The molecule has 4 rings (SSSR count). The summed E-state index contributed by atoms with van der Waals surface area (Å²) in [5, 5.41) is 3.47. The molecular formula is C23H20ClN3O3. The Hall–Kier alpha value is -3.22. The molecule has 1 aliphatic rings. The summed E-state index contributed by atoms with van der Waals surface area (Å²) in [6.07, 6.45) is 2.90. The van der Waals surface area contributed by atoms with E-state index in [1.165, 1.54) is 6.20 Å². The second kappa shape index (κ2) is 9.07. The predicted molar refractivity (Wildman–Crippen MR) is 115 cm³/mol. The molecule has 7 heteroatoms. The smallest absolute Gasteiger partial charge is 0.257 e. The van der Waals surface area contributed by atoms with Crippen LogP contribution in [0.15, 0.2) is 73.1 Å². The number of nitrogens with zero attached hydrogens (tertiary/aromatic N) is 2. The van der Waals surface area contributed by atoms with Crippen molar-refractivity contribution in [3.8, 4) is 0 Å². The lowest BCUT2D eigenvalue weighted by atomic mass is 10.1. The van der Waals surface area contributed by atoms with E-state index >= 15 is 0 Å². The number of morpholine rings is 1. The van der Waals surface area contributed by atoms with Gasteiger partial charge in [-0.2, -0.15) is 0 Å². The summed E-state index contributed by atoms with van der Waals surface area (Å²) >= 11 is 5.96. The minimum atomic E-state index is -0.276. The molecule has 2 amide bonds. The van der Waals surface area contributed by atoms with Gasteiger partial charge in [0.25, 0.3) is 11.8 Å². The maximum absolute atomic E-state index is 13.1. The van der Waals surface area contributed by atoms with Gasteiger partial charge < -0.3 is 15.0 Å². The van der Waals surface area contributed by atoms with Crippen LogP contribution >= 0.6 is 11.6 Å². The lowest BCUT2D eigenvalue weighted by molar-refractivity contribution is -0.0228. The zero-order valence-corrected chi connectivity index (χ0v) is 16.9. The van der Waals surface area contributed by atoms with Gasteiger partial charge in [0.2, 0.25) is 0 Å². The molecule has 1 saturated heterocycles. The number of hydrogen-bond acceptors (Lipinski definition) is 4. The molecule has 0 saturated carbocycles. The Bertz CT molecular complexity index is 1040. The Balaban J connectivity index is 1.46. The number of halogens is 1. The molecule has 2 aromatic carbocycles. The van der Waals surface area contributed by atoms with Crippen molar-refractivity contribution in [2.45, 2.75) is 6.10 Å². The van der Waals surface area contributed by atoms with Crippen molar-refractivity contribution >= 4 is 29.1 Å². The zero-order valence-electron chi connectivity index (χ0n) is 16.1. The van der Waals surface area contributed by atoms with Gasteiger partial charge in [-0.05, 0) is 48.0 Å². The molecule has 1 aliphatic heterocycles. The van der Waals surface area contributed by atoms with Crippen LogP contribution in [0, 0.1) is 0 Å². The number of aromatic nitrogens is 1. The van der Waals surface area contributed by atoms with E-state index < -0.39 is 0 Å². The number of carbonyl (C=O) groups is 2. The van der Waals surface area contributed by atoms with Crippen molar-refractivity contribution in [3.05, 3.63) is 94.8 Å². The minimum absolute atomic E-state index is 0.102. The van der Waals surface area contributed by atoms with E-state index in [9.17, 15) is 9.59 Å². The second-order valence-corrected chi connectivity index (χ2v) is 7.38. The van der Waals surface area contributed by atoms with Crippen molar-refractivity contribution in [1.82, 2.24) is 9.88 Å². The highest BCUT2D eigenvalue weighted by Gasteiger charge is 2.26. The first kappa shape index (κ1) is 20.1. The summed E-state index contributed by atoms with van der Waals surface area (Å²) in [7, 11) is 0. The summed E-state index contributed by atoms with van der Waals surface area (Å²) in [6.45, 7) is 1.42. The molecule has 152 valence electrons. The van der Waals surface area contributed by atoms with Crippen LogP contribution in [-0.4, -0.2) is 41.4 Å². The van der Waals surface area contributed by atoms with E-state index in [1.54, 1.807) is 47.5 Å². The number of ether oxygens (including phenoxy) is 1. The molecule has 3 aromatic rings. The first-order valence-corrected chi connectivity index (χ1v) is 9.96. The Labute approximate surface area is 179 Å². The average molecular weight is 422 g/mol. The summed E-state index contributed by atoms with van der Waals surface area (Å²) in [6, 6.07) is 17.8. The Kier molecular flexibility index (Phi) is 6.07. The van der Waals surface area contributed by atoms with Crippen molar-refractivity contribution in [3.63, 3.8) is 0 Å². The molecular weight excluding hydrogens is 402 g/mol. The lowest BCUT2D eigenvalue weighted by Gasteiger charge is -2.33. The van der Waals surface area contributed by atoms with E-state index in [2.05, 4.69) is 10.3 Å². The van der Waals surface area contributed by atoms with Gasteiger partial charge in [0.15, 0.2) is 0 Å². The highest BCUT2D eigenvalue weighted by atomic mass is 35.5. The molecule has 30 heavy (non-hydrogen) atoms. The van der Waals surface area contributed by atoms with Gasteiger partial charge in [0.1, 0.15) is 6.10 Å². The van der Waals surface area contributed by atoms with Crippen LogP contribution in [-0.2, 0) is 4.74 Å². The zero-order chi connectivity index (χ0) is 20.9. The fraction of sp³-hybridized carbons (Fsp3) is 0.174. The molecule has 0 spiro atoms. The highest BCUT2D eigenvalue weighted by molar-refractivity contribution is 6.30. The van der Waals surface area contributed by atoms with Crippen LogP contribution in [0.1, 0.15) is 32.4 Å². The number of benzene rings is 2. The highest BCUT2D eigenvalue weighted by Crippen LogP contribution is 2.25. The van der Waals surface area contributed by atoms with Gasteiger partial charge in [-0.15, -0.1) is 0 Å². The summed E-state index contributed by atoms with van der Waals surface area (Å²) in [5.41, 5.74) is 2.50. The van der Waals surface area contributed by atoms with Crippen LogP contribution in [0.2, 0.25) is 5.02 Å². The fourth-order valence-corrected chi connectivity index (χ4v) is 3.45. The monoisotopic (exact) mass is 421 g/mol. The van der Waals surface area contributed by atoms with Crippen molar-refractivity contribution in [2.75, 3.05) is 25.0 Å². The normalized spacial score (nSPS) is 16.2. The van der Waals surface area contributed by atoms with Crippen LogP contribution in [0.4, 0.5) is 5.69 Å². The number of carbonyl (C=O) groups excluding carboxylic acids is 2. The first-order chi connectivity index (χ1) is 14.6. The second-order valence-electron chi connectivity index (χ2n) is 6.94. The summed E-state index contributed by atoms with van der Waals surface area (Å²) in [4.78, 5) is 31.1. The topological polar surface area (TPSA) is 71.5 Å². The molecule has 0 bridgehead atoms. The third-order valence-corrected chi connectivity index (χ3v) is 5.14. The predicted octanol–water partition coefficient (Wildman–Crippen LogP) is 4.20. The molecule has 6 nitrogen and oxygen atoms in total. The van der Waals surface area contributed by atoms with Gasteiger partial charge in [-0.1, -0.05) is 29.8 Å². The quantitative estimate of drug-likeness (QED) is 0.685. The number of pyridine rings is 1. The van der Waals surface area contributed by atoms with Crippen molar-refractivity contribution < 1.29 is 14.3 Å². The van der Waals surface area contributed by atoms with E-state index in [0.717, 1.165) is 5.56 Å². The molecule has 0 unspecified atom stereocenters. The largest absolute Gasteiger partial charge is 0.370 e. The Morgan fingerprint density at radius 2 is 1.87 bits per heavy atom. The van der Waals surface area contributed by atoms with Gasteiger partial charge in [0.05, 0.1) is 18.7 Å². The van der Waals surface area contributed by atoms with Gasteiger partial charge >= 0.3 is 0 Å². The number of anilines is 1. The number of nitrogens with one attached hydrogen (secondary N) is 1. The van der Waals surface area contributed by atoms with E-state index in [4.69, 9.17) is 16.3 Å². The van der Waals surface area contributed by atoms with E-state index in [1.807, 2.05) is 24.3 Å². The molecule has 1 fully saturated rings. The van der Waals surface area contributed by atoms with Gasteiger partial charge in [0, 0.05) is 35.2 Å². The van der Waals surface area contributed by atoms with Gasteiger partial charge in [-0.25, -0.2) is 0 Å². The Morgan fingerprint density at radius 1 is 1.07 bits per heavy atom. The van der Waals surface area contributed by atoms with Gasteiger partial charge in [-0.3, -0.25) is 14.6 Å². The third kappa shape index (κ3) is 4.67. The standard InChI is InChI=1S/C23H20ClN3O3/c24-19-8-6-16(7-9-19)21-15-27(11-12-30-21)23(29)17-3-1-5-20(13-17)26-22(28)18-4-2-10-25-14-18/h1-10,13-14,21H,11-12,15H2,(H,26,28)/t21-/m0/s1. The first-order valence-electron chi connectivity index (χ1n) is 9.58. The fourth-order valence-electron chi connectivity index (χ4n) is 3.33. The molecule has 0 radical (unpaired) electrons. The number of hydrogen-bond donors (Lipinski definition) is 1. The SMILES string of the molecule is O=C(Nc1cccc(C(=O)N2CCO[C@H](c3ccc(Cl)cc3)C2)c1)c1cccnc1. The number of amides is 2. The summed E-state index contributed by atoms with van der Waals surface area (Å²) in [5.74, 6) is -0.378. The lowest BCUT2D eigenvalue weighted by Crippen LogP contribution is -2.42. The van der Waals surface area contributed by atoms with Crippen LogP contribution in [0.3, 0.4) is 0 Å². The minimum Gasteiger partial charge on any atom is -0.370 e. The maximum atomic E-state index is 13.1. The maximum Gasteiger partial charge on any atom is 0.257 e. The van der Waals surface area contributed by atoms with Crippen LogP contribution in [0.25, 0.3) is 0 Å². The molecule has 1 N–H and O–H groups in total. The van der Waals surface area contributed by atoms with E-state index in [-0.39, 0.29) is 17.9 Å². The Morgan fingerprint density at radius 3 is 2.63 bits per heavy atom. The van der Waals surface area contributed by atoms with Crippen molar-refractivity contribution in [1.29, 1.82) is 0 Å². The molecule has 2 heterocycles. The average Bonchev–Trinajstić information content (AvgIpc) is 2.80. The number of rotatable bonds is 4. The molecule has 1 aromatic heterocycles. The molecule has 1 atom stereocenters. The molecule has 0 aliphatic carbocycles. The third-order valence-electron chi connectivity index (χ3n) is 4.89. The van der Waals surface area contributed by atoms with Crippen molar-refractivity contribution in [2.24, 2.45) is 0 Å².